The smallest absolute Gasteiger partial charge is 0.205 e. The van der Waals surface area contributed by atoms with Crippen LogP contribution in [0.15, 0.2) is 54.6 Å². The van der Waals surface area contributed by atoms with Crippen molar-refractivity contribution in [2.45, 2.75) is 78.1 Å². The molecule has 1 saturated carbocycles. The lowest BCUT2D eigenvalue weighted by Crippen LogP contribution is -2.39. The van der Waals surface area contributed by atoms with Gasteiger partial charge in [0.05, 0.1) is 6.61 Å². The van der Waals surface area contributed by atoms with Gasteiger partial charge in [0.1, 0.15) is 5.75 Å². The minimum atomic E-state index is -0.195. The third kappa shape index (κ3) is 4.93. The molecule has 0 bridgehead atoms. The summed E-state index contributed by atoms with van der Waals surface area (Å²) < 4.78 is 12.8. The van der Waals surface area contributed by atoms with Gasteiger partial charge in [-0.15, -0.1) is 0 Å². The van der Waals surface area contributed by atoms with Gasteiger partial charge >= 0.3 is 0 Å². The zero-order valence-corrected chi connectivity index (χ0v) is 17.1. The quantitative estimate of drug-likeness (QED) is 0.441. The second-order valence-corrected chi connectivity index (χ2v) is 8.05. The third-order valence-electron chi connectivity index (χ3n) is 6.35. The molecule has 1 aliphatic rings. The van der Waals surface area contributed by atoms with Gasteiger partial charge in [0.2, 0.25) is 6.29 Å². The van der Waals surface area contributed by atoms with E-state index in [0.717, 1.165) is 18.6 Å². The summed E-state index contributed by atoms with van der Waals surface area (Å²) in [6, 6.07) is 19.0. The van der Waals surface area contributed by atoms with Gasteiger partial charge in [0.25, 0.3) is 0 Å². The summed E-state index contributed by atoms with van der Waals surface area (Å²) in [5, 5.41) is 0. The lowest BCUT2D eigenvalue weighted by Gasteiger charge is -2.36. The molecular formula is C25H34O2. The Kier molecular flexibility index (Phi) is 6.95. The van der Waals surface area contributed by atoms with Gasteiger partial charge in [-0.25, -0.2) is 0 Å². The van der Waals surface area contributed by atoms with Crippen molar-refractivity contribution in [1.82, 2.24) is 0 Å². The van der Waals surface area contributed by atoms with E-state index in [2.05, 4.69) is 69.3 Å². The first kappa shape index (κ1) is 19.9. The number of benzene rings is 2. The van der Waals surface area contributed by atoms with Crippen LogP contribution >= 0.6 is 0 Å². The van der Waals surface area contributed by atoms with Crippen LogP contribution in [0.3, 0.4) is 0 Å². The van der Waals surface area contributed by atoms with Crippen LogP contribution in [-0.4, -0.2) is 6.29 Å². The van der Waals surface area contributed by atoms with Crippen LogP contribution < -0.4 is 4.74 Å². The number of rotatable bonds is 9. The fourth-order valence-corrected chi connectivity index (χ4v) is 4.15. The largest absolute Gasteiger partial charge is 0.464 e. The summed E-state index contributed by atoms with van der Waals surface area (Å²) >= 11 is 0. The van der Waals surface area contributed by atoms with E-state index in [1.807, 2.05) is 6.07 Å². The summed E-state index contributed by atoms with van der Waals surface area (Å²) in [7, 11) is 0. The van der Waals surface area contributed by atoms with Gasteiger partial charge in [0.15, 0.2) is 0 Å². The Morgan fingerprint density at radius 1 is 0.926 bits per heavy atom. The fraction of sp³-hybridized carbons (Fsp3) is 0.520. The maximum atomic E-state index is 6.46. The standard InChI is InChI=1S/C25H34O2/c1-4-20(3)22-13-15-23(16-14-22)27-24(25(5-2)17-9-10-18-25)26-19-21-11-7-6-8-12-21/h6-8,11-16,20,24H,4-5,9-10,17-19H2,1-3H3. The molecule has 2 aromatic carbocycles. The van der Waals surface area contributed by atoms with Gasteiger partial charge < -0.3 is 9.47 Å². The van der Waals surface area contributed by atoms with Crippen molar-refractivity contribution in [3.05, 3.63) is 65.7 Å². The van der Waals surface area contributed by atoms with E-state index < -0.39 is 0 Å². The molecule has 0 radical (unpaired) electrons. The molecule has 2 unspecified atom stereocenters. The first-order valence-corrected chi connectivity index (χ1v) is 10.6. The first-order chi connectivity index (χ1) is 13.2. The molecule has 27 heavy (non-hydrogen) atoms. The van der Waals surface area contributed by atoms with E-state index in [4.69, 9.17) is 9.47 Å². The molecule has 0 N–H and O–H groups in total. The minimum absolute atomic E-state index is 0.129. The van der Waals surface area contributed by atoms with Crippen molar-refractivity contribution >= 4 is 0 Å². The molecule has 0 spiro atoms. The Balaban J connectivity index is 1.75. The molecule has 2 heteroatoms. The van der Waals surface area contributed by atoms with Crippen molar-refractivity contribution in [3.63, 3.8) is 0 Å². The Morgan fingerprint density at radius 2 is 1.59 bits per heavy atom. The zero-order chi connectivity index (χ0) is 19.1. The Morgan fingerprint density at radius 3 is 2.19 bits per heavy atom. The summed E-state index contributed by atoms with van der Waals surface area (Å²) in [4.78, 5) is 0. The molecule has 0 aromatic heterocycles. The van der Waals surface area contributed by atoms with E-state index >= 15 is 0 Å². The van der Waals surface area contributed by atoms with Crippen LogP contribution in [0.4, 0.5) is 0 Å². The molecule has 1 fully saturated rings. The second-order valence-electron chi connectivity index (χ2n) is 8.05. The number of hydrogen-bond acceptors (Lipinski definition) is 2. The van der Waals surface area contributed by atoms with Crippen LogP contribution in [0.25, 0.3) is 0 Å². The second kappa shape index (κ2) is 9.41. The highest BCUT2D eigenvalue weighted by Gasteiger charge is 2.42. The van der Waals surface area contributed by atoms with E-state index in [0.29, 0.717) is 12.5 Å². The van der Waals surface area contributed by atoms with Crippen molar-refractivity contribution in [2.24, 2.45) is 5.41 Å². The van der Waals surface area contributed by atoms with Crippen molar-refractivity contribution in [1.29, 1.82) is 0 Å². The van der Waals surface area contributed by atoms with Crippen LogP contribution in [-0.2, 0) is 11.3 Å². The third-order valence-corrected chi connectivity index (χ3v) is 6.35. The molecule has 1 aliphatic carbocycles. The van der Waals surface area contributed by atoms with Crippen molar-refractivity contribution in [3.8, 4) is 5.75 Å². The van der Waals surface area contributed by atoms with Gasteiger partial charge in [0, 0.05) is 5.41 Å². The molecule has 2 aromatic rings. The van der Waals surface area contributed by atoms with E-state index in [1.165, 1.54) is 36.8 Å². The molecule has 0 aliphatic heterocycles. The maximum Gasteiger partial charge on any atom is 0.205 e. The Labute approximate surface area is 164 Å². The van der Waals surface area contributed by atoms with Crippen molar-refractivity contribution in [2.75, 3.05) is 0 Å². The van der Waals surface area contributed by atoms with Gasteiger partial charge in [-0.05, 0) is 54.9 Å². The Bertz CT molecular complexity index is 671. The van der Waals surface area contributed by atoms with E-state index in [-0.39, 0.29) is 11.7 Å². The van der Waals surface area contributed by atoms with Gasteiger partial charge in [-0.3, -0.25) is 0 Å². The predicted octanol–water partition coefficient (Wildman–Crippen LogP) is 7.09. The molecule has 2 nitrogen and oxygen atoms in total. The molecule has 0 amide bonds. The average molecular weight is 367 g/mol. The molecule has 0 heterocycles. The molecule has 3 rings (SSSR count). The monoisotopic (exact) mass is 366 g/mol. The summed E-state index contributed by atoms with van der Waals surface area (Å²) in [6.45, 7) is 7.37. The first-order valence-electron chi connectivity index (χ1n) is 10.6. The van der Waals surface area contributed by atoms with Crippen molar-refractivity contribution < 1.29 is 9.47 Å². The minimum Gasteiger partial charge on any atom is -0.464 e. The number of ether oxygens (including phenoxy) is 2. The Hall–Kier alpha value is -1.80. The lowest BCUT2D eigenvalue weighted by molar-refractivity contribution is -0.165. The summed E-state index contributed by atoms with van der Waals surface area (Å²) in [6.07, 6.45) is 6.98. The van der Waals surface area contributed by atoms with Crippen LogP contribution in [0.1, 0.15) is 76.3 Å². The highest BCUT2D eigenvalue weighted by molar-refractivity contribution is 5.29. The molecular weight excluding hydrogens is 332 g/mol. The maximum absolute atomic E-state index is 6.46. The molecule has 2 atom stereocenters. The van der Waals surface area contributed by atoms with Gasteiger partial charge in [-0.1, -0.05) is 76.1 Å². The van der Waals surface area contributed by atoms with Crippen LogP contribution in [0.2, 0.25) is 0 Å². The number of hydrogen-bond donors (Lipinski definition) is 0. The van der Waals surface area contributed by atoms with Gasteiger partial charge in [-0.2, -0.15) is 0 Å². The highest BCUT2D eigenvalue weighted by atomic mass is 16.7. The normalized spacial score (nSPS) is 18.2. The zero-order valence-electron chi connectivity index (χ0n) is 17.1. The summed E-state index contributed by atoms with van der Waals surface area (Å²) in [5.74, 6) is 1.50. The topological polar surface area (TPSA) is 18.5 Å². The van der Waals surface area contributed by atoms with E-state index in [9.17, 15) is 0 Å². The molecule has 0 saturated heterocycles. The predicted molar refractivity (Wildman–Crippen MR) is 112 cm³/mol. The molecule has 146 valence electrons. The average Bonchev–Trinajstić information content (AvgIpc) is 3.22. The van der Waals surface area contributed by atoms with Crippen LogP contribution in [0.5, 0.6) is 5.75 Å². The SMILES string of the molecule is CCC(C)c1ccc(OC(OCc2ccccc2)C2(CC)CCCC2)cc1. The fourth-order valence-electron chi connectivity index (χ4n) is 4.15. The lowest BCUT2D eigenvalue weighted by atomic mass is 9.82. The summed E-state index contributed by atoms with van der Waals surface area (Å²) in [5.41, 5.74) is 2.70. The highest BCUT2D eigenvalue weighted by Crippen LogP contribution is 2.46. The van der Waals surface area contributed by atoms with Crippen LogP contribution in [0, 0.1) is 5.41 Å². The van der Waals surface area contributed by atoms with E-state index in [1.54, 1.807) is 0 Å².